The first-order valence-electron chi connectivity index (χ1n) is 6.23. The predicted octanol–water partition coefficient (Wildman–Crippen LogP) is 2.00. The molecule has 0 unspecified atom stereocenters. The van der Waals surface area contributed by atoms with Gasteiger partial charge in [-0.15, -0.1) is 0 Å². The van der Waals surface area contributed by atoms with Crippen LogP contribution in [0.2, 0.25) is 0 Å². The molecule has 0 atom stereocenters. The Morgan fingerprint density at radius 1 is 1.14 bits per heavy atom. The number of nitrogens with two attached hydrogens (primary N) is 1. The van der Waals surface area contributed by atoms with Crippen LogP contribution in [0.1, 0.15) is 20.7 Å². The van der Waals surface area contributed by atoms with E-state index in [1.54, 1.807) is 12.1 Å². The van der Waals surface area contributed by atoms with Crippen LogP contribution in [0.4, 0.5) is 0 Å². The fraction of sp³-hybridized carbons (Fsp3) is 0. The third-order valence-corrected chi connectivity index (χ3v) is 3.15. The summed E-state index contributed by atoms with van der Waals surface area (Å²) < 4.78 is 5.50. The summed E-state index contributed by atoms with van der Waals surface area (Å²) in [6.07, 6.45) is 0. The summed E-state index contributed by atoms with van der Waals surface area (Å²) in [5.74, 6) is -1.84. The number of primary amides is 1. The van der Waals surface area contributed by atoms with Gasteiger partial charge in [0.1, 0.15) is 11.3 Å². The number of hydrogen-bond acceptors (Lipinski definition) is 5. The highest BCUT2D eigenvalue weighted by molar-refractivity contribution is 5.99. The Hall–Kier alpha value is -3.35. The molecule has 3 rings (SSSR count). The summed E-state index contributed by atoms with van der Waals surface area (Å²) in [6, 6.07) is 8.58. The average molecular weight is 298 g/mol. The Bertz CT molecular complexity index is 896. The summed E-state index contributed by atoms with van der Waals surface area (Å²) in [4.78, 5) is 26.2. The van der Waals surface area contributed by atoms with Crippen LogP contribution < -0.4 is 5.73 Å². The minimum absolute atomic E-state index is 0.0476. The second kappa shape index (κ2) is 4.88. The Kier molecular flexibility index (Phi) is 3.03. The first-order valence-corrected chi connectivity index (χ1v) is 6.23. The van der Waals surface area contributed by atoms with Gasteiger partial charge in [-0.2, -0.15) is 0 Å². The van der Waals surface area contributed by atoms with Gasteiger partial charge in [-0.25, -0.2) is 9.78 Å². The van der Waals surface area contributed by atoms with Crippen molar-refractivity contribution in [1.82, 2.24) is 4.98 Å². The van der Waals surface area contributed by atoms with E-state index in [9.17, 15) is 14.7 Å². The van der Waals surface area contributed by atoms with E-state index in [4.69, 9.17) is 15.3 Å². The molecule has 110 valence electrons. The molecular weight excluding hydrogens is 288 g/mol. The number of rotatable bonds is 3. The van der Waals surface area contributed by atoms with Crippen LogP contribution in [-0.2, 0) is 0 Å². The first kappa shape index (κ1) is 13.6. The van der Waals surface area contributed by atoms with Crippen LogP contribution in [0.25, 0.3) is 22.6 Å². The SMILES string of the molecule is NC(=O)c1cc2nc(-c3ccc(C(=O)O)cc3)oc2cc1O. The number of carboxylic acids is 1. The fourth-order valence-electron chi connectivity index (χ4n) is 2.04. The van der Waals surface area contributed by atoms with Crippen molar-refractivity contribution < 1.29 is 24.2 Å². The van der Waals surface area contributed by atoms with E-state index in [-0.39, 0.29) is 22.8 Å². The zero-order valence-corrected chi connectivity index (χ0v) is 11.1. The lowest BCUT2D eigenvalue weighted by molar-refractivity contribution is 0.0696. The molecule has 4 N–H and O–H groups in total. The van der Waals surface area contributed by atoms with Crippen molar-refractivity contribution in [3.05, 3.63) is 47.5 Å². The number of nitrogens with zero attached hydrogens (tertiary/aromatic N) is 1. The topological polar surface area (TPSA) is 127 Å². The quantitative estimate of drug-likeness (QED) is 0.678. The summed E-state index contributed by atoms with van der Waals surface area (Å²) in [7, 11) is 0. The molecule has 0 saturated carbocycles. The van der Waals surface area contributed by atoms with E-state index in [0.717, 1.165) is 0 Å². The van der Waals surface area contributed by atoms with E-state index >= 15 is 0 Å². The molecule has 0 spiro atoms. The van der Waals surface area contributed by atoms with Gasteiger partial charge in [-0.1, -0.05) is 0 Å². The maximum atomic E-state index is 11.2. The second-order valence-corrected chi connectivity index (χ2v) is 4.60. The van der Waals surface area contributed by atoms with E-state index in [1.807, 2.05) is 0 Å². The van der Waals surface area contributed by atoms with Gasteiger partial charge in [0.15, 0.2) is 5.58 Å². The smallest absolute Gasteiger partial charge is 0.335 e. The van der Waals surface area contributed by atoms with Crippen molar-refractivity contribution in [3.63, 3.8) is 0 Å². The van der Waals surface area contributed by atoms with E-state index in [1.165, 1.54) is 24.3 Å². The molecule has 0 aliphatic heterocycles. The number of aromatic carboxylic acids is 1. The fourth-order valence-corrected chi connectivity index (χ4v) is 2.04. The van der Waals surface area contributed by atoms with E-state index < -0.39 is 11.9 Å². The number of oxazole rings is 1. The lowest BCUT2D eigenvalue weighted by Crippen LogP contribution is -2.10. The summed E-state index contributed by atoms with van der Waals surface area (Å²) in [6.45, 7) is 0. The molecule has 1 heterocycles. The average Bonchev–Trinajstić information content (AvgIpc) is 2.89. The molecule has 0 fully saturated rings. The highest BCUT2D eigenvalue weighted by atomic mass is 16.4. The number of phenols is 1. The normalized spacial score (nSPS) is 10.7. The monoisotopic (exact) mass is 298 g/mol. The zero-order chi connectivity index (χ0) is 15.9. The Morgan fingerprint density at radius 2 is 1.82 bits per heavy atom. The van der Waals surface area contributed by atoms with Gasteiger partial charge in [0.05, 0.1) is 11.1 Å². The Labute approximate surface area is 123 Å². The molecule has 0 aliphatic carbocycles. The van der Waals surface area contributed by atoms with Gasteiger partial charge < -0.3 is 20.4 Å². The number of carbonyl (C=O) groups is 2. The minimum Gasteiger partial charge on any atom is -0.507 e. The van der Waals surface area contributed by atoms with Gasteiger partial charge in [0.2, 0.25) is 5.89 Å². The highest BCUT2D eigenvalue weighted by Gasteiger charge is 2.15. The highest BCUT2D eigenvalue weighted by Crippen LogP contribution is 2.29. The van der Waals surface area contributed by atoms with Gasteiger partial charge in [0.25, 0.3) is 5.91 Å². The third kappa shape index (κ3) is 2.24. The molecule has 0 saturated heterocycles. The maximum absolute atomic E-state index is 11.2. The summed E-state index contributed by atoms with van der Waals surface area (Å²) >= 11 is 0. The maximum Gasteiger partial charge on any atom is 0.335 e. The molecule has 22 heavy (non-hydrogen) atoms. The Balaban J connectivity index is 2.08. The lowest BCUT2D eigenvalue weighted by atomic mass is 10.1. The molecule has 7 nitrogen and oxygen atoms in total. The van der Waals surface area contributed by atoms with Crippen LogP contribution in [-0.4, -0.2) is 27.1 Å². The molecule has 0 radical (unpaired) electrons. The van der Waals surface area contributed by atoms with Crippen molar-refractivity contribution >= 4 is 23.0 Å². The number of fused-ring (bicyclic) bond motifs is 1. The largest absolute Gasteiger partial charge is 0.507 e. The predicted molar refractivity (Wildman–Crippen MR) is 76.6 cm³/mol. The number of carboxylic acid groups (broad SMARTS) is 1. The molecule has 3 aromatic rings. The minimum atomic E-state index is -1.03. The van der Waals surface area contributed by atoms with Crippen molar-refractivity contribution in [2.24, 2.45) is 5.73 Å². The third-order valence-electron chi connectivity index (χ3n) is 3.15. The van der Waals surface area contributed by atoms with E-state index in [0.29, 0.717) is 16.7 Å². The number of hydrogen-bond donors (Lipinski definition) is 3. The molecular formula is C15H10N2O5. The van der Waals surface area contributed by atoms with Crippen molar-refractivity contribution in [2.75, 3.05) is 0 Å². The van der Waals surface area contributed by atoms with Crippen LogP contribution in [0.15, 0.2) is 40.8 Å². The van der Waals surface area contributed by atoms with Crippen molar-refractivity contribution in [1.29, 1.82) is 0 Å². The number of aromatic nitrogens is 1. The van der Waals surface area contributed by atoms with Gasteiger partial charge >= 0.3 is 5.97 Å². The van der Waals surface area contributed by atoms with Gasteiger partial charge in [-0.3, -0.25) is 4.79 Å². The summed E-state index contributed by atoms with van der Waals surface area (Å²) in [5.41, 5.74) is 6.48. The van der Waals surface area contributed by atoms with Gasteiger partial charge in [-0.05, 0) is 30.3 Å². The standard InChI is InChI=1S/C15H10N2O5/c16-13(19)9-5-10-12(6-11(9)18)22-14(17-10)7-1-3-8(4-2-7)15(20)21/h1-6,18H,(H2,16,19)(H,20,21). The van der Waals surface area contributed by atoms with Crippen LogP contribution in [0.3, 0.4) is 0 Å². The second-order valence-electron chi connectivity index (χ2n) is 4.60. The van der Waals surface area contributed by atoms with E-state index in [2.05, 4.69) is 4.98 Å². The number of benzene rings is 2. The molecule has 1 amide bonds. The van der Waals surface area contributed by atoms with Crippen LogP contribution in [0.5, 0.6) is 5.75 Å². The Morgan fingerprint density at radius 3 is 2.41 bits per heavy atom. The lowest BCUT2D eigenvalue weighted by Gasteiger charge is -1.98. The number of carbonyl (C=O) groups excluding carboxylic acids is 1. The molecule has 0 bridgehead atoms. The molecule has 2 aromatic carbocycles. The molecule has 1 aromatic heterocycles. The van der Waals surface area contributed by atoms with Crippen LogP contribution in [0, 0.1) is 0 Å². The molecule has 0 aliphatic rings. The van der Waals surface area contributed by atoms with Crippen LogP contribution >= 0.6 is 0 Å². The van der Waals surface area contributed by atoms with Crippen molar-refractivity contribution in [3.8, 4) is 17.2 Å². The number of amides is 1. The molecule has 7 heteroatoms. The van der Waals surface area contributed by atoms with Gasteiger partial charge in [0, 0.05) is 11.6 Å². The zero-order valence-electron chi connectivity index (χ0n) is 11.1. The first-order chi connectivity index (χ1) is 10.5. The number of aromatic hydroxyl groups is 1. The van der Waals surface area contributed by atoms with Crippen molar-refractivity contribution in [2.45, 2.75) is 0 Å². The summed E-state index contributed by atoms with van der Waals surface area (Å²) in [5, 5.41) is 18.6.